The van der Waals surface area contributed by atoms with Crippen LogP contribution in [0.3, 0.4) is 0 Å². The van der Waals surface area contributed by atoms with E-state index in [2.05, 4.69) is 5.10 Å². The topological polar surface area (TPSA) is 17.8 Å². The Morgan fingerprint density at radius 3 is 2.91 bits per heavy atom. The minimum Gasteiger partial charge on any atom is -0.265 e. The maximum Gasteiger partial charge on any atom is 0.0644 e. The van der Waals surface area contributed by atoms with Crippen molar-refractivity contribution in [3.8, 4) is 0 Å². The van der Waals surface area contributed by atoms with Crippen LogP contribution in [0, 0.1) is 0 Å². The highest BCUT2D eigenvalue weighted by molar-refractivity contribution is 6.16. The van der Waals surface area contributed by atoms with Crippen molar-refractivity contribution in [1.29, 1.82) is 0 Å². The molecule has 0 aromatic carbocycles. The third-order valence-electron chi connectivity index (χ3n) is 1.78. The van der Waals surface area contributed by atoms with Gasteiger partial charge in [-0.3, -0.25) is 4.68 Å². The minimum absolute atomic E-state index is 0. The van der Waals surface area contributed by atoms with Gasteiger partial charge in [0.1, 0.15) is 0 Å². The smallest absolute Gasteiger partial charge is 0.0644 e. The number of aromatic nitrogens is 2. The van der Waals surface area contributed by atoms with Crippen molar-refractivity contribution in [3.63, 3.8) is 0 Å². The Morgan fingerprint density at radius 1 is 1.64 bits per heavy atom. The molecule has 0 amide bonds. The fourth-order valence-corrected chi connectivity index (χ4v) is 1.31. The lowest BCUT2D eigenvalue weighted by molar-refractivity contribution is 0.619. The lowest BCUT2D eigenvalue weighted by atomic mass is 10.5. The van der Waals surface area contributed by atoms with Crippen LogP contribution in [0.15, 0.2) is 12.3 Å². The van der Waals surface area contributed by atoms with Gasteiger partial charge < -0.3 is 0 Å². The number of nitrogens with zero attached hydrogens (tertiary/aromatic N) is 2. The molecule has 11 heavy (non-hydrogen) atoms. The van der Waals surface area contributed by atoms with Gasteiger partial charge in [0.2, 0.25) is 0 Å². The molecule has 0 atom stereocenters. The van der Waals surface area contributed by atoms with Crippen LogP contribution in [0.25, 0.3) is 0 Å². The second-order valence-electron chi connectivity index (χ2n) is 2.63. The monoisotopic (exact) mass is 192 g/mol. The van der Waals surface area contributed by atoms with E-state index in [4.69, 9.17) is 11.6 Å². The first-order valence-corrected chi connectivity index (χ1v) is 4.03. The van der Waals surface area contributed by atoms with Gasteiger partial charge in [0.15, 0.2) is 0 Å². The van der Waals surface area contributed by atoms with Crippen LogP contribution in [0.2, 0.25) is 0 Å². The van der Waals surface area contributed by atoms with Gasteiger partial charge in [-0.2, -0.15) is 5.10 Å². The maximum absolute atomic E-state index is 5.68. The van der Waals surface area contributed by atoms with Crippen molar-refractivity contribution in [2.24, 2.45) is 0 Å². The van der Waals surface area contributed by atoms with E-state index in [1.54, 1.807) is 0 Å². The SMILES string of the molecule is Cl.ClCc1ccnn1C1CC1. The highest BCUT2D eigenvalue weighted by atomic mass is 35.5. The largest absolute Gasteiger partial charge is 0.265 e. The van der Waals surface area contributed by atoms with E-state index in [1.165, 1.54) is 12.8 Å². The number of hydrogen-bond donors (Lipinski definition) is 0. The van der Waals surface area contributed by atoms with E-state index >= 15 is 0 Å². The van der Waals surface area contributed by atoms with Crippen molar-refractivity contribution in [2.45, 2.75) is 24.8 Å². The van der Waals surface area contributed by atoms with Crippen molar-refractivity contribution in [1.82, 2.24) is 9.78 Å². The van der Waals surface area contributed by atoms with E-state index in [0.717, 1.165) is 5.69 Å². The summed E-state index contributed by atoms with van der Waals surface area (Å²) in [6, 6.07) is 2.63. The number of rotatable bonds is 2. The molecule has 2 rings (SSSR count). The highest BCUT2D eigenvalue weighted by Crippen LogP contribution is 2.35. The Bertz CT molecular complexity index is 230. The lowest BCUT2D eigenvalue weighted by Crippen LogP contribution is -1.99. The molecule has 1 aliphatic rings. The summed E-state index contributed by atoms with van der Waals surface area (Å²) in [7, 11) is 0. The van der Waals surface area contributed by atoms with Crippen LogP contribution in [-0.4, -0.2) is 9.78 Å². The standard InChI is InChI=1S/C7H9ClN2.ClH/c8-5-7-3-4-9-10(7)6-1-2-6;/h3-4,6H,1-2,5H2;1H. The molecule has 1 aromatic heterocycles. The molecule has 4 heteroatoms. The summed E-state index contributed by atoms with van der Waals surface area (Å²) < 4.78 is 2.03. The van der Waals surface area contributed by atoms with Crippen molar-refractivity contribution < 1.29 is 0 Å². The van der Waals surface area contributed by atoms with Gasteiger partial charge in [0.25, 0.3) is 0 Å². The Hall–Kier alpha value is -0.210. The normalized spacial score (nSPS) is 16.1. The van der Waals surface area contributed by atoms with Gasteiger partial charge in [-0.25, -0.2) is 0 Å². The highest BCUT2D eigenvalue weighted by Gasteiger charge is 2.25. The Labute approximate surface area is 76.9 Å². The van der Waals surface area contributed by atoms with Crippen LogP contribution in [0.5, 0.6) is 0 Å². The molecule has 0 radical (unpaired) electrons. The molecule has 1 aliphatic carbocycles. The van der Waals surface area contributed by atoms with E-state index in [9.17, 15) is 0 Å². The number of alkyl halides is 1. The van der Waals surface area contributed by atoms with Crippen LogP contribution < -0.4 is 0 Å². The summed E-state index contributed by atoms with van der Waals surface area (Å²) in [5.74, 6) is 0.580. The van der Waals surface area contributed by atoms with Gasteiger partial charge in [-0.15, -0.1) is 24.0 Å². The van der Waals surface area contributed by atoms with Gasteiger partial charge in [-0.1, -0.05) is 0 Å². The molecule has 0 saturated heterocycles. The van der Waals surface area contributed by atoms with Gasteiger partial charge >= 0.3 is 0 Å². The second-order valence-corrected chi connectivity index (χ2v) is 2.90. The number of halogens is 2. The Morgan fingerprint density at radius 2 is 2.36 bits per heavy atom. The second kappa shape index (κ2) is 3.46. The zero-order valence-electron chi connectivity index (χ0n) is 6.03. The third-order valence-corrected chi connectivity index (χ3v) is 2.06. The first-order chi connectivity index (χ1) is 4.92. The average Bonchev–Trinajstić information content (AvgIpc) is 2.69. The number of hydrogen-bond acceptors (Lipinski definition) is 1. The van der Waals surface area contributed by atoms with E-state index in [-0.39, 0.29) is 12.4 Å². The van der Waals surface area contributed by atoms with Gasteiger partial charge in [-0.05, 0) is 18.9 Å². The Kier molecular flexibility index (Phi) is 2.79. The fourth-order valence-electron chi connectivity index (χ4n) is 1.10. The lowest BCUT2D eigenvalue weighted by Gasteiger charge is -2.00. The molecular formula is C7H10Cl2N2. The predicted octanol–water partition coefficient (Wildman–Crippen LogP) is 2.38. The molecule has 0 N–H and O–H groups in total. The van der Waals surface area contributed by atoms with E-state index in [1.807, 2.05) is 16.9 Å². The Balaban J connectivity index is 0.000000605. The van der Waals surface area contributed by atoms with Crippen molar-refractivity contribution in [2.75, 3.05) is 0 Å². The van der Waals surface area contributed by atoms with Crippen LogP contribution in [0.1, 0.15) is 24.6 Å². The molecule has 0 unspecified atom stereocenters. The van der Waals surface area contributed by atoms with Crippen LogP contribution >= 0.6 is 24.0 Å². The fraction of sp³-hybridized carbons (Fsp3) is 0.571. The minimum atomic E-state index is 0. The van der Waals surface area contributed by atoms with Crippen LogP contribution in [-0.2, 0) is 5.88 Å². The molecular weight excluding hydrogens is 183 g/mol. The molecule has 0 aliphatic heterocycles. The van der Waals surface area contributed by atoms with Crippen LogP contribution in [0.4, 0.5) is 0 Å². The molecule has 2 nitrogen and oxygen atoms in total. The molecule has 0 spiro atoms. The zero-order valence-corrected chi connectivity index (χ0v) is 7.61. The van der Waals surface area contributed by atoms with Gasteiger partial charge in [0.05, 0.1) is 17.6 Å². The molecule has 62 valence electrons. The van der Waals surface area contributed by atoms with Crippen molar-refractivity contribution in [3.05, 3.63) is 18.0 Å². The van der Waals surface area contributed by atoms with Gasteiger partial charge in [0, 0.05) is 6.20 Å². The van der Waals surface area contributed by atoms with Crippen molar-refractivity contribution >= 4 is 24.0 Å². The van der Waals surface area contributed by atoms with E-state index < -0.39 is 0 Å². The maximum atomic E-state index is 5.68. The summed E-state index contributed by atoms with van der Waals surface area (Å²) in [5, 5.41) is 4.18. The molecule has 1 saturated carbocycles. The summed E-state index contributed by atoms with van der Waals surface area (Å²) in [5.41, 5.74) is 1.14. The predicted molar refractivity (Wildman–Crippen MR) is 47.3 cm³/mol. The summed E-state index contributed by atoms with van der Waals surface area (Å²) in [6.45, 7) is 0. The molecule has 1 aromatic rings. The molecule has 0 bridgehead atoms. The third kappa shape index (κ3) is 1.68. The zero-order chi connectivity index (χ0) is 6.97. The quantitative estimate of drug-likeness (QED) is 0.659. The first kappa shape index (κ1) is 8.88. The summed E-state index contributed by atoms with van der Waals surface area (Å²) in [6.07, 6.45) is 4.35. The summed E-state index contributed by atoms with van der Waals surface area (Å²) in [4.78, 5) is 0. The first-order valence-electron chi connectivity index (χ1n) is 3.50. The molecule has 1 heterocycles. The molecule has 1 fully saturated rings. The average molecular weight is 193 g/mol. The van der Waals surface area contributed by atoms with E-state index in [0.29, 0.717) is 11.9 Å². The summed E-state index contributed by atoms with van der Waals surface area (Å²) >= 11 is 5.68.